The largest absolute Gasteiger partial charge is 0.427 e. The van der Waals surface area contributed by atoms with Crippen LogP contribution in [0.1, 0.15) is 40.2 Å². The number of amides is 2. The summed E-state index contributed by atoms with van der Waals surface area (Å²) in [6.45, 7) is 12.6. The van der Waals surface area contributed by atoms with Crippen LogP contribution < -0.4 is 10.8 Å². The number of likely N-dealkylation sites (N-methyl/N-ethyl adjacent to an activating group) is 1. The second kappa shape index (κ2) is 11.9. The third-order valence-corrected chi connectivity index (χ3v) is 6.64. The highest BCUT2D eigenvalue weighted by atomic mass is 35.5. The molecular formula is C28H35BClN2O4. The van der Waals surface area contributed by atoms with Crippen LogP contribution >= 0.6 is 11.6 Å². The Morgan fingerprint density at radius 3 is 2.31 bits per heavy atom. The van der Waals surface area contributed by atoms with E-state index in [9.17, 15) is 14.7 Å². The summed E-state index contributed by atoms with van der Waals surface area (Å²) in [5.41, 5.74) is 1.83. The van der Waals surface area contributed by atoms with E-state index in [1.807, 2.05) is 37.3 Å². The van der Waals surface area contributed by atoms with Crippen molar-refractivity contribution >= 4 is 42.0 Å². The van der Waals surface area contributed by atoms with Crippen LogP contribution in [0.4, 0.5) is 5.69 Å². The molecule has 0 atom stereocenters. The molecule has 2 rings (SSSR count). The summed E-state index contributed by atoms with van der Waals surface area (Å²) in [4.78, 5) is 26.8. The zero-order valence-corrected chi connectivity index (χ0v) is 22.9. The van der Waals surface area contributed by atoms with Crippen molar-refractivity contribution in [3.63, 3.8) is 0 Å². The van der Waals surface area contributed by atoms with Crippen molar-refractivity contribution in [2.75, 3.05) is 19.4 Å². The Kier molecular flexibility index (Phi) is 9.72. The number of hydrogen-bond donors (Lipinski definition) is 2. The summed E-state index contributed by atoms with van der Waals surface area (Å²) < 4.78 is 5.91. The third kappa shape index (κ3) is 6.66. The Morgan fingerprint density at radius 2 is 1.75 bits per heavy atom. The lowest BCUT2D eigenvalue weighted by Gasteiger charge is -2.37. The molecule has 0 bridgehead atoms. The highest BCUT2D eigenvalue weighted by Gasteiger charge is 2.36. The van der Waals surface area contributed by atoms with E-state index in [0.717, 1.165) is 16.7 Å². The molecule has 2 aromatic carbocycles. The number of anilines is 1. The first-order valence-electron chi connectivity index (χ1n) is 11.7. The molecule has 0 saturated carbocycles. The van der Waals surface area contributed by atoms with Crippen LogP contribution in [-0.4, -0.2) is 54.6 Å². The lowest BCUT2D eigenvalue weighted by Crippen LogP contribution is -2.49. The molecule has 0 aliphatic rings. The maximum atomic E-state index is 13.0. The van der Waals surface area contributed by atoms with Gasteiger partial charge in [0.15, 0.2) is 0 Å². The summed E-state index contributed by atoms with van der Waals surface area (Å²) >= 11 is 6.81. The number of nitrogens with zero attached hydrogens (tertiary/aromatic N) is 1. The van der Waals surface area contributed by atoms with Crippen molar-refractivity contribution < 1.29 is 19.3 Å². The Labute approximate surface area is 220 Å². The van der Waals surface area contributed by atoms with Crippen molar-refractivity contribution in [1.29, 1.82) is 0 Å². The average molecular weight is 510 g/mol. The monoisotopic (exact) mass is 509 g/mol. The van der Waals surface area contributed by atoms with E-state index in [4.69, 9.17) is 16.3 Å². The lowest BCUT2D eigenvalue weighted by atomic mass is 9.81. The molecule has 2 amide bonds. The first-order valence-corrected chi connectivity index (χ1v) is 12.1. The summed E-state index contributed by atoms with van der Waals surface area (Å²) in [7, 11) is 4.73. The quantitative estimate of drug-likeness (QED) is 0.162. The third-order valence-electron chi connectivity index (χ3n) is 6.22. The normalized spacial score (nSPS) is 12.2. The van der Waals surface area contributed by atoms with E-state index in [1.165, 1.54) is 17.1 Å². The minimum atomic E-state index is -1.07. The molecule has 1 radical (unpaired) electrons. The fourth-order valence-corrected chi connectivity index (χ4v) is 3.61. The van der Waals surface area contributed by atoms with Crippen LogP contribution in [0.25, 0.3) is 11.1 Å². The van der Waals surface area contributed by atoms with E-state index >= 15 is 0 Å². The second-order valence-corrected chi connectivity index (χ2v) is 10.0. The van der Waals surface area contributed by atoms with E-state index in [2.05, 4.69) is 11.9 Å². The standard InChI is InChI=1S/C28H35BClN2O4/c1-9-13-21(26(34)32(7)8)25(33)31-23-17-12-14-19(18(23)10-2)20-15-11-16-22(24(20)30)29-36-28(5,6)27(3,4)35/h9,11-17,35H,1,10H2,2-8H3,(H,31,33)/b21-13-. The summed E-state index contributed by atoms with van der Waals surface area (Å²) in [5, 5.41) is 13.8. The maximum Gasteiger partial charge on any atom is 0.332 e. The van der Waals surface area contributed by atoms with Gasteiger partial charge in [0.2, 0.25) is 0 Å². The van der Waals surface area contributed by atoms with Crippen LogP contribution in [0.15, 0.2) is 60.7 Å². The van der Waals surface area contributed by atoms with Gasteiger partial charge in [0.05, 0.1) is 11.2 Å². The molecule has 2 aromatic rings. The Hall–Kier alpha value is -2.87. The first kappa shape index (κ1) is 29.4. The van der Waals surface area contributed by atoms with Crippen LogP contribution in [0.2, 0.25) is 5.02 Å². The molecule has 0 unspecified atom stereocenters. The Balaban J connectivity index is 2.45. The number of allylic oxidation sites excluding steroid dienone is 2. The number of halogens is 1. The van der Waals surface area contributed by atoms with Gasteiger partial charge >= 0.3 is 7.48 Å². The fraction of sp³-hybridized carbons (Fsp3) is 0.357. The summed E-state index contributed by atoms with van der Waals surface area (Å²) in [5.74, 6) is -0.933. The van der Waals surface area contributed by atoms with E-state index in [0.29, 0.717) is 22.6 Å². The predicted octanol–water partition coefficient (Wildman–Crippen LogP) is 4.52. The van der Waals surface area contributed by atoms with Crippen LogP contribution in [0.3, 0.4) is 0 Å². The van der Waals surface area contributed by atoms with Gasteiger partial charge < -0.3 is 20.0 Å². The van der Waals surface area contributed by atoms with Crippen LogP contribution in [0, 0.1) is 0 Å². The van der Waals surface area contributed by atoms with Crippen LogP contribution in [0.5, 0.6) is 0 Å². The number of benzene rings is 2. The molecule has 0 spiro atoms. The number of nitrogens with one attached hydrogen (secondary N) is 1. The van der Waals surface area contributed by atoms with Gasteiger partial charge in [0.25, 0.3) is 11.8 Å². The van der Waals surface area contributed by atoms with Gasteiger partial charge in [0, 0.05) is 30.4 Å². The minimum Gasteiger partial charge on any atom is -0.427 e. The second-order valence-electron chi connectivity index (χ2n) is 9.67. The molecule has 36 heavy (non-hydrogen) atoms. The summed E-state index contributed by atoms with van der Waals surface area (Å²) in [6.07, 6.45) is 3.43. The van der Waals surface area contributed by atoms with Gasteiger partial charge in [-0.3, -0.25) is 9.59 Å². The topological polar surface area (TPSA) is 78.9 Å². The molecule has 0 aromatic heterocycles. The van der Waals surface area contributed by atoms with E-state index < -0.39 is 23.0 Å². The number of carbonyl (C=O) groups is 2. The highest BCUT2D eigenvalue weighted by Crippen LogP contribution is 2.34. The highest BCUT2D eigenvalue weighted by molar-refractivity contribution is 6.54. The van der Waals surface area contributed by atoms with Crippen LogP contribution in [-0.2, 0) is 20.7 Å². The minimum absolute atomic E-state index is 0.0105. The molecule has 191 valence electrons. The van der Waals surface area contributed by atoms with Gasteiger partial charge in [-0.25, -0.2) is 0 Å². The molecule has 8 heteroatoms. The molecular weight excluding hydrogens is 475 g/mol. The van der Waals surface area contributed by atoms with Gasteiger partial charge in [-0.1, -0.05) is 61.5 Å². The SMILES string of the molecule is C=C/C=C(/C(=O)Nc1cccc(-c2cccc([B]OC(C)(C)C(C)(C)O)c2Cl)c1CC)C(=O)N(C)C. The molecule has 0 aliphatic carbocycles. The first-order chi connectivity index (χ1) is 16.7. The van der Waals surface area contributed by atoms with Crippen molar-refractivity contribution in [1.82, 2.24) is 4.90 Å². The predicted molar refractivity (Wildman–Crippen MR) is 149 cm³/mol. The maximum absolute atomic E-state index is 13.0. The van der Waals surface area contributed by atoms with E-state index in [-0.39, 0.29) is 5.57 Å². The van der Waals surface area contributed by atoms with Crippen molar-refractivity contribution in [2.24, 2.45) is 0 Å². The Bertz CT molecular complexity index is 1170. The van der Waals surface area contributed by atoms with Gasteiger partial charge in [-0.15, -0.1) is 0 Å². The van der Waals surface area contributed by atoms with Gasteiger partial charge in [0.1, 0.15) is 5.57 Å². The van der Waals surface area contributed by atoms with Crippen molar-refractivity contribution in [2.45, 2.75) is 52.2 Å². The summed E-state index contributed by atoms with van der Waals surface area (Å²) in [6, 6.07) is 11.2. The molecule has 0 aliphatic heterocycles. The molecule has 0 heterocycles. The van der Waals surface area contributed by atoms with E-state index in [1.54, 1.807) is 55.3 Å². The number of aliphatic hydroxyl groups is 1. The van der Waals surface area contributed by atoms with Crippen molar-refractivity contribution in [3.8, 4) is 11.1 Å². The lowest BCUT2D eigenvalue weighted by molar-refractivity contribution is -0.127. The number of rotatable bonds is 10. The number of hydrogen-bond acceptors (Lipinski definition) is 4. The van der Waals surface area contributed by atoms with Gasteiger partial charge in [-0.2, -0.15) is 0 Å². The average Bonchev–Trinajstić information content (AvgIpc) is 2.80. The zero-order chi connectivity index (χ0) is 27.3. The molecule has 0 saturated heterocycles. The molecule has 2 N–H and O–H groups in total. The molecule has 0 fully saturated rings. The zero-order valence-electron chi connectivity index (χ0n) is 22.1. The Morgan fingerprint density at radius 1 is 1.14 bits per heavy atom. The fourth-order valence-electron chi connectivity index (χ4n) is 3.33. The number of carbonyl (C=O) groups excluding carboxylic acids is 2. The van der Waals surface area contributed by atoms with Gasteiger partial charge in [-0.05, 0) is 62.8 Å². The molecule has 6 nitrogen and oxygen atoms in total. The smallest absolute Gasteiger partial charge is 0.332 e. The van der Waals surface area contributed by atoms with Crippen molar-refractivity contribution in [3.05, 3.63) is 71.3 Å².